The molecule has 1 amide bonds. The molecule has 0 atom stereocenters. The first-order valence-electron chi connectivity index (χ1n) is 8.20. The average Bonchev–Trinajstić information content (AvgIpc) is 2.63. The summed E-state index contributed by atoms with van der Waals surface area (Å²) in [6.45, 7) is 3.26. The largest absolute Gasteiger partial charge is 0.352 e. The van der Waals surface area contributed by atoms with Crippen molar-refractivity contribution in [1.29, 1.82) is 0 Å². The van der Waals surface area contributed by atoms with Crippen LogP contribution in [-0.4, -0.2) is 31.1 Å². The van der Waals surface area contributed by atoms with Gasteiger partial charge < -0.3 is 5.32 Å². The molecule has 0 aliphatic heterocycles. The number of hydrogen-bond donors (Lipinski definition) is 1. The molecule has 2 aromatic heterocycles. The summed E-state index contributed by atoms with van der Waals surface area (Å²) in [7, 11) is 1.52. The van der Waals surface area contributed by atoms with Gasteiger partial charge in [-0.25, -0.2) is 14.8 Å². The fourth-order valence-electron chi connectivity index (χ4n) is 2.66. The molecule has 0 unspecified atom stereocenters. The first-order valence-corrected chi connectivity index (χ1v) is 8.20. The van der Waals surface area contributed by atoms with Gasteiger partial charge in [0.05, 0.1) is 0 Å². The van der Waals surface area contributed by atoms with Crippen molar-refractivity contribution >= 4 is 16.9 Å². The van der Waals surface area contributed by atoms with Crippen LogP contribution in [0.1, 0.15) is 13.8 Å². The van der Waals surface area contributed by atoms with Crippen LogP contribution >= 0.6 is 0 Å². The zero-order valence-corrected chi connectivity index (χ0v) is 14.8. The Kier molecular flexibility index (Phi) is 4.66. The SMILES string of the molecule is CC(C)NC(=O)Cn1c(=O)c2cnc(-c3ccccc3)nc2n(C)c1=O. The highest BCUT2D eigenvalue weighted by Gasteiger charge is 2.16. The molecule has 0 aliphatic carbocycles. The number of hydrogen-bond acceptors (Lipinski definition) is 5. The first kappa shape index (κ1) is 17.5. The number of benzene rings is 1. The van der Waals surface area contributed by atoms with E-state index in [1.165, 1.54) is 17.8 Å². The van der Waals surface area contributed by atoms with Gasteiger partial charge in [0.1, 0.15) is 11.9 Å². The highest BCUT2D eigenvalue weighted by molar-refractivity contribution is 5.78. The maximum Gasteiger partial charge on any atom is 0.332 e. The zero-order valence-electron chi connectivity index (χ0n) is 14.8. The summed E-state index contributed by atoms with van der Waals surface area (Å²) in [5.41, 5.74) is -0.169. The van der Waals surface area contributed by atoms with Gasteiger partial charge in [0.15, 0.2) is 11.5 Å². The lowest BCUT2D eigenvalue weighted by Gasteiger charge is -2.12. The van der Waals surface area contributed by atoms with E-state index in [9.17, 15) is 14.4 Å². The highest BCUT2D eigenvalue weighted by Crippen LogP contribution is 2.15. The second-order valence-corrected chi connectivity index (χ2v) is 6.25. The van der Waals surface area contributed by atoms with E-state index in [4.69, 9.17) is 0 Å². The summed E-state index contributed by atoms with van der Waals surface area (Å²) in [5.74, 6) is 0.0168. The molecule has 0 spiro atoms. The van der Waals surface area contributed by atoms with Crippen LogP contribution in [0.5, 0.6) is 0 Å². The van der Waals surface area contributed by atoms with Crippen molar-refractivity contribution in [2.24, 2.45) is 7.05 Å². The normalized spacial score (nSPS) is 11.1. The number of fused-ring (bicyclic) bond motifs is 1. The van der Waals surface area contributed by atoms with Gasteiger partial charge in [-0.1, -0.05) is 30.3 Å². The third kappa shape index (κ3) is 3.26. The van der Waals surface area contributed by atoms with Crippen molar-refractivity contribution in [2.45, 2.75) is 26.4 Å². The molecule has 8 heteroatoms. The van der Waals surface area contributed by atoms with Gasteiger partial charge in [-0.2, -0.15) is 0 Å². The van der Waals surface area contributed by atoms with Crippen LogP contribution in [0.15, 0.2) is 46.1 Å². The Hall–Kier alpha value is -3.29. The predicted octanol–water partition coefficient (Wildman–Crippen LogP) is 0.682. The summed E-state index contributed by atoms with van der Waals surface area (Å²) in [6.07, 6.45) is 1.39. The number of nitrogens with zero attached hydrogens (tertiary/aromatic N) is 4. The van der Waals surface area contributed by atoms with Crippen molar-refractivity contribution in [1.82, 2.24) is 24.4 Å². The van der Waals surface area contributed by atoms with Gasteiger partial charge in [0.25, 0.3) is 5.56 Å². The molecular formula is C18H19N5O3. The fourth-order valence-corrected chi connectivity index (χ4v) is 2.66. The number of aryl methyl sites for hydroxylation is 1. The second kappa shape index (κ2) is 6.91. The van der Waals surface area contributed by atoms with Crippen molar-refractivity contribution in [2.75, 3.05) is 0 Å². The molecule has 1 aromatic carbocycles. The minimum absolute atomic E-state index is 0.0840. The Morgan fingerprint density at radius 3 is 2.54 bits per heavy atom. The van der Waals surface area contributed by atoms with E-state index in [1.54, 1.807) is 13.8 Å². The Bertz CT molecular complexity index is 1080. The van der Waals surface area contributed by atoms with Crippen LogP contribution < -0.4 is 16.6 Å². The lowest BCUT2D eigenvalue weighted by atomic mass is 10.2. The number of aromatic nitrogens is 4. The Morgan fingerprint density at radius 1 is 1.19 bits per heavy atom. The maximum atomic E-state index is 12.7. The van der Waals surface area contributed by atoms with Gasteiger partial charge in [-0.3, -0.25) is 18.7 Å². The van der Waals surface area contributed by atoms with E-state index >= 15 is 0 Å². The minimum Gasteiger partial charge on any atom is -0.352 e. The predicted molar refractivity (Wildman–Crippen MR) is 97.8 cm³/mol. The van der Waals surface area contributed by atoms with Crippen LogP contribution in [0.4, 0.5) is 0 Å². The number of amides is 1. The quantitative estimate of drug-likeness (QED) is 0.744. The molecule has 26 heavy (non-hydrogen) atoms. The Morgan fingerprint density at radius 2 is 1.88 bits per heavy atom. The van der Waals surface area contributed by atoms with Crippen molar-refractivity contribution in [3.8, 4) is 11.4 Å². The van der Waals surface area contributed by atoms with Gasteiger partial charge >= 0.3 is 5.69 Å². The number of carbonyl (C=O) groups is 1. The monoisotopic (exact) mass is 353 g/mol. The standard InChI is InChI=1S/C18H19N5O3/c1-11(2)20-14(24)10-23-17(25)13-9-19-15(12-7-5-4-6-8-12)21-16(13)22(3)18(23)26/h4-9,11H,10H2,1-3H3,(H,20,24). The molecule has 0 fully saturated rings. The van der Waals surface area contributed by atoms with E-state index in [0.29, 0.717) is 5.82 Å². The molecule has 1 N–H and O–H groups in total. The van der Waals surface area contributed by atoms with E-state index < -0.39 is 17.2 Å². The van der Waals surface area contributed by atoms with Gasteiger partial charge in [0, 0.05) is 24.8 Å². The second-order valence-electron chi connectivity index (χ2n) is 6.25. The van der Waals surface area contributed by atoms with Crippen molar-refractivity contribution < 1.29 is 4.79 Å². The molecule has 0 bridgehead atoms. The molecule has 2 heterocycles. The lowest BCUT2D eigenvalue weighted by Crippen LogP contribution is -2.44. The third-order valence-electron chi connectivity index (χ3n) is 3.86. The van der Waals surface area contributed by atoms with Crippen LogP contribution in [-0.2, 0) is 18.4 Å². The maximum absolute atomic E-state index is 12.7. The van der Waals surface area contributed by atoms with Crippen molar-refractivity contribution in [3.05, 3.63) is 57.4 Å². The van der Waals surface area contributed by atoms with E-state index in [0.717, 1.165) is 10.1 Å². The van der Waals surface area contributed by atoms with Crippen LogP contribution in [0.25, 0.3) is 22.4 Å². The smallest absolute Gasteiger partial charge is 0.332 e. The summed E-state index contributed by atoms with van der Waals surface area (Å²) in [5, 5.41) is 2.85. The average molecular weight is 353 g/mol. The number of nitrogens with one attached hydrogen (secondary N) is 1. The third-order valence-corrected chi connectivity index (χ3v) is 3.86. The summed E-state index contributed by atoms with van der Waals surface area (Å²) >= 11 is 0. The summed E-state index contributed by atoms with van der Waals surface area (Å²) < 4.78 is 2.15. The van der Waals surface area contributed by atoms with Crippen LogP contribution in [0.2, 0.25) is 0 Å². The van der Waals surface area contributed by atoms with Crippen LogP contribution in [0, 0.1) is 0 Å². The zero-order chi connectivity index (χ0) is 18.8. The summed E-state index contributed by atoms with van der Waals surface area (Å²) in [6, 6.07) is 9.19. The molecule has 0 radical (unpaired) electrons. The molecule has 0 saturated carbocycles. The van der Waals surface area contributed by atoms with E-state index in [1.807, 2.05) is 30.3 Å². The molecule has 0 saturated heterocycles. The highest BCUT2D eigenvalue weighted by atomic mass is 16.2. The molecule has 3 rings (SSSR count). The fraction of sp³-hybridized carbons (Fsp3) is 0.278. The molecule has 8 nitrogen and oxygen atoms in total. The molecular weight excluding hydrogens is 334 g/mol. The number of carbonyl (C=O) groups excluding carboxylic acids is 1. The first-order chi connectivity index (χ1) is 12.4. The Labute approximate surface area is 149 Å². The lowest BCUT2D eigenvalue weighted by molar-refractivity contribution is -0.122. The molecule has 134 valence electrons. The Balaban J connectivity index is 2.13. The van der Waals surface area contributed by atoms with E-state index in [-0.39, 0.29) is 23.6 Å². The van der Waals surface area contributed by atoms with Gasteiger partial charge in [-0.05, 0) is 13.8 Å². The molecule has 0 aliphatic rings. The van der Waals surface area contributed by atoms with Gasteiger partial charge in [0.2, 0.25) is 5.91 Å². The number of rotatable bonds is 4. The van der Waals surface area contributed by atoms with Gasteiger partial charge in [-0.15, -0.1) is 0 Å². The molecule has 3 aromatic rings. The summed E-state index contributed by atoms with van der Waals surface area (Å²) in [4.78, 5) is 45.8. The minimum atomic E-state index is -0.598. The van der Waals surface area contributed by atoms with Crippen LogP contribution in [0.3, 0.4) is 0 Å². The topological polar surface area (TPSA) is 98.9 Å². The van der Waals surface area contributed by atoms with E-state index in [2.05, 4.69) is 15.3 Å². The van der Waals surface area contributed by atoms with Crippen molar-refractivity contribution in [3.63, 3.8) is 0 Å².